The second-order valence-corrected chi connectivity index (χ2v) is 6.22. The molecule has 0 atom stereocenters. The fourth-order valence-corrected chi connectivity index (χ4v) is 1.97. The Hall–Kier alpha value is -1.84. The molecule has 0 saturated heterocycles. The first-order valence-corrected chi connectivity index (χ1v) is 6.51. The molecule has 2 aromatic heterocycles. The molecule has 2 heterocycles. The number of aromatic nitrogens is 2. The number of rotatable bonds is 2. The van der Waals surface area contributed by atoms with Crippen LogP contribution in [-0.4, -0.2) is 21.8 Å². The van der Waals surface area contributed by atoms with E-state index < -0.39 is 0 Å². The minimum absolute atomic E-state index is 0.0643. The van der Waals surface area contributed by atoms with Gasteiger partial charge in [0.1, 0.15) is 11.3 Å². The largest absolute Gasteiger partial charge is 0.350 e. The molecule has 102 valence electrons. The van der Waals surface area contributed by atoms with Crippen molar-refractivity contribution in [1.29, 1.82) is 0 Å². The number of hydrogen-bond donors (Lipinski definition) is 1. The first kappa shape index (κ1) is 13.6. The van der Waals surface area contributed by atoms with Crippen molar-refractivity contribution in [3.05, 3.63) is 35.3 Å². The number of aryl methyl sites for hydroxylation is 2. The van der Waals surface area contributed by atoms with E-state index in [0.29, 0.717) is 12.2 Å². The summed E-state index contributed by atoms with van der Waals surface area (Å²) in [6, 6.07) is 3.93. The van der Waals surface area contributed by atoms with Crippen LogP contribution in [0.3, 0.4) is 0 Å². The van der Waals surface area contributed by atoms with Gasteiger partial charge in [-0.15, -0.1) is 0 Å². The van der Waals surface area contributed by atoms with Crippen LogP contribution in [0.5, 0.6) is 0 Å². The molecule has 2 aromatic rings. The van der Waals surface area contributed by atoms with Crippen LogP contribution in [0, 0.1) is 19.3 Å². The minimum atomic E-state index is -0.0643. The molecule has 0 spiro atoms. The molecular formula is C15H21N3O. The Labute approximate surface area is 113 Å². The number of carbonyl (C=O) groups excluding carboxylic acids is 1. The summed E-state index contributed by atoms with van der Waals surface area (Å²) in [6.45, 7) is 10.8. The number of pyridine rings is 1. The molecule has 0 unspecified atom stereocenters. The molecule has 4 heteroatoms. The number of fused-ring (bicyclic) bond motifs is 1. The number of nitrogens with zero attached hydrogens (tertiary/aromatic N) is 2. The third-order valence-corrected chi connectivity index (χ3v) is 2.94. The highest BCUT2D eigenvalue weighted by atomic mass is 16.1. The van der Waals surface area contributed by atoms with Crippen molar-refractivity contribution in [3.63, 3.8) is 0 Å². The summed E-state index contributed by atoms with van der Waals surface area (Å²) >= 11 is 0. The van der Waals surface area contributed by atoms with E-state index in [1.165, 1.54) is 0 Å². The van der Waals surface area contributed by atoms with Crippen molar-refractivity contribution in [2.75, 3.05) is 6.54 Å². The molecular weight excluding hydrogens is 238 g/mol. The van der Waals surface area contributed by atoms with Crippen molar-refractivity contribution in [2.24, 2.45) is 5.41 Å². The van der Waals surface area contributed by atoms with Gasteiger partial charge in [0.25, 0.3) is 5.91 Å². The van der Waals surface area contributed by atoms with Gasteiger partial charge in [0.05, 0.1) is 5.69 Å². The smallest absolute Gasteiger partial charge is 0.270 e. The topological polar surface area (TPSA) is 46.4 Å². The Kier molecular flexibility index (Phi) is 3.35. The molecule has 4 nitrogen and oxygen atoms in total. The maximum absolute atomic E-state index is 12.3. The quantitative estimate of drug-likeness (QED) is 0.901. The van der Waals surface area contributed by atoms with E-state index in [1.807, 2.05) is 36.6 Å². The van der Waals surface area contributed by atoms with Gasteiger partial charge in [-0.3, -0.25) is 9.20 Å². The lowest BCUT2D eigenvalue weighted by Crippen LogP contribution is -2.33. The summed E-state index contributed by atoms with van der Waals surface area (Å²) in [5.74, 6) is -0.0643. The van der Waals surface area contributed by atoms with Crippen LogP contribution >= 0.6 is 0 Å². The van der Waals surface area contributed by atoms with Crippen LogP contribution < -0.4 is 5.32 Å². The van der Waals surface area contributed by atoms with Crippen LogP contribution in [0.1, 0.15) is 42.5 Å². The molecule has 2 rings (SSSR count). The van der Waals surface area contributed by atoms with Gasteiger partial charge in [0, 0.05) is 12.7 Å². The molecule has 0 aliphatic carbocycles. The highest BCUT2D eigenvalue weighted by Gasteiger charge is 2.18. The predicted molar refractivity (Wildman–Crippen MR) is 76.5 cm³/mol. The Morgan fingerprint density at radius 1 is 1.32 bits per heavy atom. The maximum atomic E-state index is 12.3. The van der Waals surface area contributed by atoms with Crippen molar-refractivity contribution >= 4 is 11.6 Å². The second-order valence-electron chi connectivity index (χ2n) is 6.22. The van der Waals surface area contributed by atoms with Gasteiger partial charge < -0.3 is 5.32 Å². The van der Waals surface area contributed by atoms with Crippen LogP contribution in [0.2, 0.25) is 0 Å². The van der Waals surface area contributed by atoms with Gasteiger partial charge in [0.2, 0.25) is 0 Å². The number of carbonyl (C=O) groups is 1. The fourth-order valence-electron chi connectivity index (χ4n) is 1.97. The monoisotopic (exact) mass is 259 g/mol. The molecule has 0 saturated carbocycles. The van der Waals surface area contributed by atoms with Crippen LogP contribution in [0.4, 0.5) is 0 Å². The van der Waals surface area contributed by atoms with E-state index in [-0.39, 0.29) is 11.3 Å². The Morgan fingerprint density at radius 3 is 2.63 bits per heavy atom. The normalized spacial score (nSPS) is 11.8. The van der Waals surface area contributed by atoms with Crippen LogP contribution in [-0.2, 0) is 0 Å². The fraction of sp³-hybridized carbons (Fsp3) is 0.467. The average molecular weight is 259 g/mol. The zero-order valence-corrected chi connectivity index (χ0v) is 12.2. The SMILES string of the molecule is Cc1ccc2nc(C)c(C(=O)NCC(C)(C)C)n2c1. The lowest BCUT2D eigenvalue weighted by Gasteiger charge is -2.18. The first-order valence-electron chi connectivity index (χ1n) is 6.51. The van der Waals surface area contributed by atoms with Gasteiger partial charge >= 0.3 is 0 Å². The van der Waals surface area contributed by atoms with Crippen molar-refractivity contribution in [3.8, 4) is 0 Å². The molecule has 1 N–H and O–H groups in total. The Morgan fingerprint density at radius 2 is 2.00 bits per heavy atom. The van der Waals surface area contributed by atoms with E-state index in [4.69, 9.17) is 0 Å². The molecule has 0 aliphatic rings. The van der Waals surface area contributed by atoms with Crippen molar-refractivity contribution < 1.29 is 4.79 Å². The minimum Gasteiger partial charge on any atom is -0.350 e. The summed E-state index contributed by atoms with van der Waals surface area (Å²) in [7, 11) is 0. The van der Waals surface area contributed by atoms with E-state index >= 15 is 0 Å². The summed E-state index contributed by atoms with van der Waals surface area (Å²) in [6.07, 6.45) is 1.95. The van der Waals surface area contributed by atoms with E-state index in [9.17, 15) is 4.79 Å². The molecule has 1 amide bonds. The summed E-state index contributed by atoms with van der Waals surface area (Å²) in [4.78, 5) is 16.7. The third-order valence-electron chi connectivity index (χ3n) is 2.94. The lowest BCUT2D eigenvalue weighted by atomic mass is 9.97. The molecule has 0 bridgehead atoms. The summed E-state index contributed by atoms with van der Waals surface area (Å²) in [5, 5.41) is 2.98. The highest BCUT2D eigenvalue weighted by Crippen LogP contribution is 2.15. The van der Waals surface area contributed by atoms with Gasteiger partial charge in [-0.1, -0.05) is 26.8 Å². The molecule has 0 fully saturated rings. The molecule has 0 aliphatic heterocycles. The van der Waals surface area contributed by atoms with Crippen LogP contribution in [0.15, 0.2) is 18.3 Å². The number of nitrogens with one attached hydrogen (secondary N) is 1. The standard InChI is InChI=1S/C15H21N3O/c1-10-6-7-12-17-11(2)13(18(12)8-10)14(19)16-9-15(3,4)5/h6-8H,9H2,1-5H3,(H,16,19). The first-order chi connectivity index (χ1) is 8.78. The number of hydrogen-bond acceptors (Lipinski definition) is 2. The molecule has 0 aromatic carbocycles. The predicted octanol–water partition coefficient (Wildman–Crippen LogP) is 2.73. The van der Waals surface area contributed by atoms with Gasteiger partial charge in [-0.25, -0.2) is 4.98 Å². The van der Waals surface area contributed by atoms with Gasteiger partial charge in [-0.05, 0) is 30.9 Å². The average Bonchev–Trinajstić information content (AvgIpc) is 2.60. The van der Waals surface area contributed by atoms with Crippen molar-refractivity contribution in [2.45, 2.75) is 34.6 Å². The zero-order chi connectivity index (χ0) is 14.2. The van der Waals surface area contributed by atoms with Gasteiger partial charge in [0.15, 0.2) is 0 Å². The summed E-state index contributed by atoms with van der Waals surface area (Å²) in [5.41, 5.74) is 3.37. The van der Waals surface area contributed by atoms with E-state index in [0.717, 1.165) is 16.9 Å². The summed E-state index contributed by atoms with van der Waals surface area (Å²) < 4.78 is 1.86. The van der Waals surface area contributed by atoms with E-state index in [2.05, 4.69) is 31.1 Å². The van der Waals surface area contributed by atoms with Crippen LogP contribution in [0.25, 0.3) is 5.65 Å². The highest BCUT2D eigenvalue weighted by molar-refractivity contribution is 5.94. The zero-order valence-electron chi connectivity index (χ0n) is 12.2. The van der Waals surface area contributed by atoms with Gasteiger partial charge in [-0.2, -0.15) is 0 Å². The third kappa shape index (κ3) is 2.95. The molecule has 0 radical (unpaired) electrons. The van der Waals surface area contributed by atoms with E-state index in [1.54, 1.807) is 0 Å². The lowest BCUT2D eigenvalue weighted by molar-refractivity contribution is 0.0932. The maximum Gasteiger partial charge on any atom is 0.270 e. The van der Waals surface area contributed by atoms with Crippen molar-refractivity contribution in [1.82, 2.24) is 14.7 Å². The Balaban J connectivity index is 2.36. The number of amides is 1. The second kappa shape index (κ2) is 4.68. The molecule has 19 heavy (non-hydrogen) atoms. The number of imidazole rings is 1. The Bertz CT molecular complexity index is 620.